The topological polar surface area (TPSA) is 84.7 Å². The Morgan fingerprint density at radius 3 is 2.74 bits per heavy atom. The highest BCUT2D eigenvalue weighted by molar-refractivity contribution is 5.84. The van der Waals surface area contributed by atoms with Crippen LogP contribution in [-0.2, 0) is 14.3 Å². The molecule has 0 aromatic heterocycles. The SMILES string of the molecule is NC(=O)CN(C(=O)CCOCC(F)F)C1CCNC1. The maximum Gasteiger partial charge on any atom is 0.261 e. The lowest BCUT2D eigenvalue weighted by Gasteiger charge is -2.27. The molecule has 6 nitrogen and oxygen atoms in total. The summed E-state index contributed by atoms with van der Waals surface area (Å²) >= 11 is 0. The monoisotopic (exact) mass is 279 g/mol. The number of primary amides is 1. The van der Waals surface area contributed by atoms with Crippen LogP contribution in [0.3, 0.4) is 0 Å². The second-order valence-corrected chi connectivity index (χ2v) is 4.35. The van der Waals surface area contributed by atoms with Crippen LogP contribution in [-0.4, -0.2) is 62.0 Å². The summed E-state index contributed by atoms with van der Waals surface area (Å²) in [5.74, 6) is -0.893. The fourth-order valence-corrected chi connectivity index (χ4v) is 1.97. The zero-order valence-corrected chi connectivity index (χ0v) is 10.6. The molecule has 1 heterocycles. The first kappa shape index (κ1) is 15.8. The number of nitrogens with one attached hydrogen (secondary N) is 1. The third-order valence-electron chi connectivity index (χ3n) is 2.83. The Morgan fingerprint density at radius 1 is 1.47 bits per heavy atom. The fourth-order valence-electron chi connectivity index (χ4n) is 1.97. The Balaban J connectivity index is 2.40. The second kappa shape index (κ2) is 8.00. The first-order valence-electron chi connectivity index (χ1n) is 6.15. The van der Waals surface area contributed by atoms with Crippen LogP contribution in [0.15, 0.2) is 0 Å². The van der Waals surface area contributed by atoms with Gasteiger partial charge in [-0.15, -0.1) is 0 Å². The van der Waals surface area contributed by atoms with E-state index in [1.54, 1.807) is 0 Å². The number of carbonyl (C=O) groups excluding carboxylic acids is 2. The van der Waals surface area contributed by atoms with Crippen LogP contribution in [0, 0.1) is 0 Å². The predicted molar refractivity (Wildman–Crippen MR) is 63.6 cm³/mol. The smallest absolute Gasteiger partial charge is 0.261 e. The summed E-state index contributed by atoms with van der Waals surface area (Å²) in [6.07, 6.45) is -1.83. The Bertz CT molecular complexity index is 310. The summed E-state index contributed by atoms with van der Waals surface area (Å²) in [5, 5.41) is 3.09. The van der Waals surface area contributed by atoms with Gasteiger partial charge in [-0.2, -0.15) is 0 Å². The number of alkyl halides is 2. The normalized spacial score (nSPS) is 18.8. The molecule has 0 aliphatic carbocycles. The van der Waals surface area contributed by atoms with Gasteiger partial charge < -0.3 is 20.7 Å². The molecule has 2 amide bonds. The van der Waals surface area contributed by atoms with E-state index in [1.807, 2.05) is 0 Å². The van der Waals surface area contributed by atoms with Crippen LogP contribution >= 0.6 is 0 Å². The Morgan fingerprint density at radius 2 is 2.21 bits per heavy atom. The molecular formula is C11H19F2N3O3. The molecule has 3 N–H and O–H groups in total. The molecule has 0 aromatic rings. The lowest BCUT2D eigenvalue weighted by molar-refractivity contribution is -0.138. The van der Waals surface area contributed by atoms with E-state index in [2.05, 4.69) is 10.1 Å². The molecule has 1 aliphatic heterocycles. The molecule has 0 bridgehead atoms. The fraction of sp³-hybridized carbons (Fsp3) is 0.818. The lowest BCUT2D eigenvalue weighted by Crippen LogP contribution is -2.46. The van der Waals surface area contributed by atoms with E-state index in [1.165, 1.54) is 4.90 Å². The molecular weight excluding hydrogens is 260 g/mol. The summed E-state index contributed by atoms with van der Waals surface area (Å²) in [6, 6.07) is -0.0740. The molecule has 1 atom stereocenters. The van der Waals surface area contributed by atoms with Gasteiger partial charge in [0, 0.05) is 12.6 Å². The van der Waals surface area contributed by atoms with Gasteiger partial charge in [0.15, 0.2) is 0 Å². The third-order valence-corrected chi connectivity index (χ3v) is 2.83. The van der Waals surface area contributed by atoms with Crippen molar-refractivity contribution in [2.75, 3.05) is 32.8 Å². The summed E-state index contributed by atoms with van der Waals surface area (Å²) in [7, 11) is 0. The van der Waals surface area contributed by atoms with Crippen LogP contribution in [0.4, 0.5) is 8.78 Å². The average Bonchev–Trinajstić information content (AvgIpc) is 2.84. The number of amides is 2. The van der Waals surface area contributed by atoms with Crippen molar-refractivity contribution < 1.29 is 23.1 Å². The summed E-state index contributed by atoms with van der Waals surface area (Å²) in [4.78, 5) is 24.3. The zero-order valence-electron chi connectivity index (χ0n) is 10.6. The minimum atomic E-state index is -2.55. The number of nitrogens with zero attached hydrogens (tertiary/aromatic N) is 1. The van der Waals surface area contributed by atoms with Crippen molar-refractivity contribution >= 4 is 11.8 Å². The number of hydrogen-bond acceptors (Lipinski definition) is 4. The van der Waals surface area contributed by atoms with E-state index < -0.39 is 18.9 Å². The van der Waals surface area contributed by atoms with Crippen LogP contribution in [0.2, 0.25) is 0 Å². The number of carbonyl (C=O) groups is 2. The molecule has 0 spiro atoms. The summed E-state index contributed by atoms with van der Waals surface area (Å²) in [6.45, 7) is 0.457. The summed E-state index contributed by atoms with van der Waals surface area (Å²) in [5.41, 5.74) is 5.11. The molecule has 1 fully saturated rings. The number of ether oxygens (including phenoxy) is 1. The molecule has 1 rings (SSSR count). The predicted octanol–water partition coefficient (Wildman–Crippen LogP) is -0.666. The maximum absolute atomic E-state index is 11.9. The molecule has 0 saturated carbocycles. The standard InChI is InChI=1S/C11H19F2N3O3/c12-9(13)7-19-4-2-11(18)16(6-10(14)17)8-1-3-15-5-8/h8-9,15H,1-7H2,(H2,14,17). The van der Waals surface area contributed by atoms with Gasteiger partial charge in [0.25, 0.3) is 6.43 Å². The Kier molecular flexibility index (Phi) is 6.65. The Hall–Kier alpha value is -1.28. The highest BCUT2D eigenvalue weighted by Crippen LogP contribution is 2.10. The molecule has 110 valence electrons. The van der Waals surface area contributed by atoms with Crippen LogP contribution < -0.4 is 11.1 Å². The molecule has 0 aromatic carbocycles. The number of rotatable bonds is 8. The van der Waals surface area contributed by atoms with E-state index in [-0.39, 0.29) is 31.5 Å². The molecule has 1 aliphatic rings. The van der Waals surface area contributed by atoms with Crippen molar-refractivity contribution in [1.82, 2.24) is 10.2 Å². The maximum atomic E-state index is 11.9. The third kappa shape index (κ3) is 5.93. The lowest BCUT2D eigenvalue weighted by atomic mass is 10.2. The van der Waals surface area contributed by atoms with Crippen molar-refractivity contribution in [2.45, 2.75) is 25.3 Å². The highest BCUT2D eigenvalue weighted by Gasteiger charge is 2.27. The first-order valence-corrected chi connectivity index (χ1v) is 6.15. The quantitative estimate of drug-likeness (QED) is 0.577. The van der Waals surface area contributed by atoms with E-state index >= 15 is 0 Å². The number of hydrogen-bond donors (Lipinski definition) is 2. The van der Waals surface area contributed by atoms with Crippen molar-refractivity contribution in [3.8, 4) is 0 Å². The van der Waals surface area contributed by atoms with Crippen molar-refractivity contribution in [3.05, 3.63) is 0 Å². The van der Waals surface area contributed by atoms with E-state index in [0.29, 0.717) is 6.54 Å². The molecule has 1 saturated heterocycles. The zero-order chi connectivity index (χ0) is 14.3. The number of halogens is 2. The molecule has 0 radical (unpaired) electrons. The van der Waals surface area contributed by atoms with Crippen LogP contribution in [0.5, 0.6) is 0 Å². The Labute approximate surface area is 110 Å². The molecule has 8 heteroatoms. The van der Waals surface area contributed by atoms with Gasteiger partial charge in [-0.3, -0.25) is 9.59 Å². The minimum Gasteiger partial charge on any atom is -0.375 e. The van der Waals surface area contributed by atoms with Gasteiger partial charge in [-0.05, 0) is 13.0 Å². The average molecular weight is 279 g/mol. The highest BCUT2D eigenvalue weighted by atomic mass is 19.3. The van der Waals surface area contributed by atoms with Crippen molar-refractivity contribution in [3.63, 3.8) is 0 Å². The van der Waals surface area contributed by atoms with Crippen molar-refractivity contribution in [2.24, 2.45) is 5.73 Å². The second-order valence-electron chi connectivity index (χ2n) is 4.35. The van der Waals surface area contributed by atoms with Gasteiger partial charge in [-0.1, -0.05) is 0 Å². The van der Waals surface area contributed by atoms with Gasteiger partial charge in [0.05, 0.1) is 19.6 Å². The van der Waals surface area contributed by atoms with Gasteiger partial charge >= 0.3 is 0 Å². The molecule has 1 unspecified atom stereocenters. The van der Waals surface area contributed by atoms with Gasteiger partial charge in [0.2, 0.25) is 11.8 Å². The molecule has 19 heavy (non-hydrogen) atoms. The van der Waals surface area contributed by atoms with Gasteiger partial charge in [0.1, 0.15) is 6.61 Å². The van der Waals surface area contributed by atoms with E-state index in [4.69, 9.17) is 5.73 Å². The van der Waals surface area contributed by atoms with Crippen LogP contribution in [0.25, 0.3) is 0 Å². The first-order chi connectivity index (χ1) is 9.00. The number of nitrogens with two attached hydrogens (primary N) is 1. The van der Waals surface area contributed by atoms with Crippen LogP contribution in [0.1, 0.15) is 12.8 Å². The largest absolute Gasteiger partial charge is 0.375 e. The summed E-state index contributed by atoms with van der Waals surface area (Å²) < 4.78 is 28.3. The minimum absolute atomic E-state index is 0.0312. The van der Waals surface area contributed by atoms with E-state index in [0.717, 1.165) is 13.0 Å². The van der Waals surface area contributed by atoms with Gasteiger partial charge in [-0.25, -0.2) is 8.78 Å². The van der Waals surface area contributed by atoms with Crippen molar-refractivity contribution in [1.29, 1.82) is 0 Å². The van der Waals surface area contributed by atoms with E-state index in [9.17, 15) is 18.4 Å².